The van der Waals surface area contributed by atoms with Crippen molar-refractivity contribution in [3.05, 3.63) is 59.7 Å². The second-order valence-electron chi connectivity index (χ2n) is 5.14. The number of nitrogens with one attached hydrogen (secondary N) is 1. The molecule has 0 aromatic heterocycles. The van der Waals surface area contributed by atoms with Crippen LogP contribution >= 0.6 is 0 Å². The fraction of sp³-hybridized carbons (Fsp3) is 0.278. The molecule has 1 atom stereocenters. The first-order valence-corrected chi connectivity index (χ1v) is 7.20. The van der Waals surface area contributed by atoms with Crippen LogP contribution in [-0.4, -0.2) is 12.0 Å². The van der Waals surface area contributed by atoms with Crippen molar-refractivity contribution in [2.45, 2.75) is 33.3 Å². The largest absolute Gasteiger partial charge is 0.480 e. The van der Waals surface area contributed by atoms with Gasteiger partial charge < -0.3 is 10.1 Å². The van der Waals surface area contributed by atoms with Crippen LogP contribution in [0.3, 0.4) is 0 Å². The predicted octanol–water partition coefficient (Wildman–Crippen LogP) is 4.10. The second kappa shape index (κ2) is 6.93. The smallest absolute Gasteiger partial charge is 0.265 e. The third kappa shape index (κ3) is 4.09. The maximum atomic E-state index is 12.3. The number of hydrogen-bond donors (Lipinski definition) is 1. The molecule has 2 aromatic rings. The summed E-state index contributed by atoms with van der Waals surface area (Å²) < 4.78 is 5.85. The third-order valence-corrected chi connectivity index (χ3v) is 3.31. The Morgan fingerprint density at radius 3 is 2.57 bits per heavy atom. The van der Waals surface area contributed by atoms with E-state index in [1.807, 2.05) is 69.3 Å². The first kappa shape index (κ1) is 15.1. The molecule has 3 nitrogen and oxygen atoms in total. The van der Waals surface area contributed by atoms with Crippen molar-refractivity contribution in [1.82, 2.24) is 0 Å². The van der Waals surface area contributed by atoms with Gasteiger partial charge in [0.1, 0.15) is 5.75 Å². The molecular formula is C18H21NO2. The number of rotatable bonds is 5. The van der Waals surface area contributed by atoms with E-state index in [2.05, 4.69) is 5.32 Å². The molecule has 0 radical (unpaired) electrons. The molecule has 0 saturated heterocycles. The average molecular weight is 283 g/mol. The SMILES string of the molecule is CCC(Oc1ccccc1C)C(=O)Nc1cccc(C)c1. The van der Waals surface area contributed by atoms with E-state index in [-0.39, 0.29) is 5.91 Å². The minimum Gasteiger partial charge on any atom is -0.480 e. The Morgan fingerprint density at radius 1 is 1.14 bits per heavy atom. The van der Waals surface area contributed by atoms with Gasteiger partial charge in [0.25, 0.3) is 5.91 Å². The lowest BCUT2D eigenvalue weighted by Gasteiger charge is -2.18. The van der Waals surface area contributed by atoms with Crippen molar-refractivity contribution >= 4 is 11.6 Å². The number of benzene rings is 2. The molecule has 3 heteroatoms. The normalized spacial score (nSPS) is 11.8. The Labute approximate surface area is 126 Å². The lowest BCUT2D eigenvalue weighted by Crippen LogP contribution is -2.32. The van der Waals surface area contributed by atoms with E-state index in [1.54, 1.807) is 0 Å². The fourth-order valence-electron chi connectivity index (χ4n) is 2.11. The van der Waals surface area contributed by atoms with Crippen molar-refractivity contribution in [3.63, 3.8) is 0 Å². The Hall–Kier alpha value is -2.29. The van der Waals surface area contributed by atoms with Crippen LogP contribution in [0.15, 0.2) is 48.5 Å². The first-order chi connectivity index (χ1) is 10.1. The van der Waals surface area contributed by atoms with E-state index < -0.39 is 6.10 Å². The molecule has 0 aliphatic carbocycles. The summed E-state index contributed by atoms with van der Waals surface area (Å²) >= 11 is 0. The van der Waals surface area contributed by atoms with Gasteiger partial charge in [0.15, 0.2) is 6.10 Å². The zero-order chi connectivity index (χ0) is 15.2. The fourth-order valence-corrected chi connectivity index (χ4v) is 2.11. The standard InChI is InChI=1S/C18H21NO2/c1-4-16(21-17-11-6-5-9-14(17)3)18(20)19-15-10-7-8-13(2)12-15/h5-12,16H,4H2,1-3H3,(H,19,20). The molecule has 1 N–H and O–H groups in total. The number of aryl methyl sites for hydroxylation is 2. The van der Waals surface area contributed by atoms with Gasteiger partial charge in [0.05, 0.1) is 0 Å². The third-order valence-electron chi connectivity index (χ3n) is 3.31. The second-order valence-corrected chi connectivity index (χ2v) is 5.14. The number of carbonyl (C=O) groups excluding carboxylic acids is 1. The van der Waals surface area contributed by atoms with Gasteiger partial charge in [-0.15, -0.1) is 0 Å². The highest BCUT2D eigenvalue weighted by Gasteiger charge is 2.19. The minimum atomic E-state index is -0.494. The first-order valence-electron chi connectivity index (χ1n) is 7.20. The topological polar surface area (TPSA) is 38.3 Å². The molecule has 0 fully saturated rings. The average Bonchev–Trinajstić information content (AvgIpc) is 2.46. The van der Waals surface area contributed by atoms with Crippen LogP contribution in [-0.2, 0) is 4.79 Å². The Kier molecular flexibility index (Phi) is 4.99. The highest BCUT2D eigenvalue weighted by Crippen LogP contribution is 2.19. The number of para-hydroxylation sites is 1. The molecule has 0 spiro atoms. The zero-order valence-corrected chi connectivity index (χ0v) is 12.7. The number of carbonyl (C=O) groups is 1. The van der Waals surface area contributed by atoms with Crippen LogP contribution in [0, 0.1) is 13.8 Å². The lowest BCUT2D eigenvalue weighted by molar-refractivity contribution is -0.122. The molecule has 0 heterocycles. The van der Waals surface area contributed by atoms with Gasteiger partial charge in [-0.3, -0.25) is 4.79 Å². The molecule has 0 aliphatic heterocycles. The Balaban J connectivity index is 2.07. The molecule has 1 unspecified atom stereocenters. The van der Waals surface area contributed by atoms with E-state index in [0.29, 0.717) is 6.42 Å². The quantitative estimate of drug-likeness (QED) is 0.897. The van der Waals surface area contributed by atoms with Gasteiger partial charge >= 0.3 is 0 Å². The molecule has 0 bridgehead atoms. The monoisotopic (exact) mass is 283 g/mol. The van der Waals surface area contributed by atoms with Gasteiger partial charge in [-0.05, 0) is 49.6 Å². The van der Waals surface area contributed by atoms with E-state index in [1.165, 1.54) is 0 Å². The summed E-state index contributed by atoms with van der Waals surface area (Å²) in [7, 11) is 0. The van der Waals surface area contributed by atoms with Crippen LogP contribution in [0.5, 0.6) is 5.75 Å². The van der Waals surface area contributed by atoms with Gasteiger partial charge in [-0.25, -0.2) is 0 Å². The molecule has 2 aromatic carbocycles. The van der Waals surface area contributed by atoms with Crippen LogP contribution in [0.2, 0.25) is 0 Å². The van der Waals surface area contributed by atoms with Gasteiger partial charge in [-0.2, -0.15) is 0 Å². The molecule has 0 aliphatic rings. The summed E-state index contributed by atoms with van der Waals surface area (Å²) in [6.07, 6.45) is 0.123. The van der Waals surface area contributed by atoms with E-state index in [0.717, 1.165) is 22.6 Å². The van der Waals surface area contributed by atoms with Gasteiger partial charge in [0, 0.05) is 5.69 Å². The van der Waals surface area contributed by atoms with E-state index in [4.69, 9.17) is 4.74 Å². The number of amides is 1. The van der Waals surface area contributed by atoms with Crippen molar-refractivity contribution in [2.75, 3.05) is 5.32 Å². The number of ether oxygens (including phenoxy) is 1. The Bertz CT molecular complexity index is 622. The number of hydrogen-bond acceptors (Lipinski definition) is 2. The summed E-state index contributed by atoms with van der Waals surface area (Å²) in [6.45, 7) is 5.91. The highest BCUT2D eigenvalue weighted by molar-refractivity contribution is 5.94. The zero-order valence-electron chi connectivity index (χ0n) is 12.7. The summed E-state index contributed by atoms with van der Waals surface area (Å²) in [6, 6.07) is 15.5. The van der Waals surface area contributed by atoms with Crippen LogP contribution in [0.25, 0.3) is 0 Å². The predicted molar refractivity (Wildman–Crippen MR) is 85.7 cm³/mol. The van der Waals surface area contributed by atoms with Crippen molar-refractivity contribution in [1.29, 1.82) is 0 Å². The van der Waals surface area contributed by atoms with E-state index >= 15 is 0 Å². The Morgan fingerprint density at radius 2 is 1.90 bits per heavy atom. The lowest BCUT2D eigenvalue weighted by atomic mass is 10.2. The van der Waals surface area contributed by atoms with Crippen LogP contribution in [0.4, 0.5) is 5.69 Å². The maximum absolute atomic E-state index is 12.3. The van der Waals surface area contributed by atoms with E-state index in [9.17, 15) is 4.79 Å². The summed E-state index contributed by atoms with van der Waals surface area (Å²) in [5.74, 6) is 0.634. The number of anilines is 1. The van der Waals surface area contributed by atoms with Crippen molar-refractivity contribution < 1.29 is 9.53 Å². The molecule has 21 heavy (non-hydrogen) atoms. The molecular weight excluding hydrogens is 262 g/mol. The van der Waals surface area contributed by atoms with Crippen LogP contribution < -0.4 is 10.1 Å². The summed E-state index contributed by atoms with van der Waals surface area (Å²) in [5.41, 5.74) is 2.94. The molecule has 0 saturated carbocycles. The van der Waals surface area contributed by atoms with Crippen molar-refractivity contribution in [2.24, 2.45) is 0 Å². The molecule has 1 amide bonds. The molecule has 110 valence electrons. The van der Waals surface area contributed by atoms with Gasteiger partial charge in [-0.1, -0.05) is 37.3 Å². The minimum absolute atomic E-state index is 0.119. The maximum Gasteiger partial charge on any atom is 0.265 e. The van der Waals surface area contributed by atoms with Crippen LogP contribution in [0.1, 0.15) is 24.5 Å². The molecule has 2 rings (SSSR count). The summed E-state index contributed by atoms with van der Waals surface area (Å²) in [4.78, 5) is 12.3. The van der Waals surface area contributed by atoms with Crippen molar-refractivity contribution in [3.8, 4) is 5.75 Å². The highest BCUT2D eigenvalue weighted by atomic mass is 16.5. The van der Waals surface area contributed by atoms with Gasteiger partial charge in [0.2, 0.25) is 0 Å². The summed E-state index contributed by atoms with van der Waals surface area (Å²) in [5, 5.41) is 2.91.